The highest BCUT2D eigenvalue weighted by Gasteiger charge is 2.57. The van der Waals surface area contributed by atoms with Crippen molar-refractivity contribution in [1.82, 2.24) is 24.9 Å². The maximum absolute atomic E-state index is 14.5. The molecule has 5 rings (SSSR count). The van der Waals surface area contributed by atoms with Crippen LogP contribution in [0.4, 0.5) is 17.6 Å². The molecule has 2 atom stereocenters. The summed E-state index contributed by atoms with van der Waals surface area (Å²) in [7, 11) is 0. The van der Waals surface area contributed by atoms with Gasteiger partial charge >= 0.3 is 6.18 Å². The number of hydrogen-bond donors (Lipinski definition) is 3. The zero-order valence-electron chi connectivity index (χ0n) is 20.2. The van der Waals surface area contributed by atoms with E-state index >= 15 is 0 Å². The van der Waals surface area contributed by atoms with Gasteiger partial charge < -0.3 is 20.9 Å². The van der Waals surface area contributed by atoms with Crippen LogP contribution < -0.4 is 15.8 Å². The second-order valence-corrected chi connectivity index (χ2v) is 9.21. The van der Waals surface area contributed by atoms with Crippen molar-refractivity contribution in [3.63, 3.8) is 0 Å². The number of alkyl halides is 3. The van der Waals surface area contributed by atoms with Crippen LogP contribution in [0.15, 0.2) is 54.9 Å². The molecule has 14 heteroatoms. The lowest BCUT2D eigenvalue weighted by Gasteiger charge is -2.31. The largest absolute Gasteiger partial charge is 0.489 e. The molecule has 39 heavy (non-hydrogen) atoms. The number of aliphatic hydroxyl groups is 1. The second kappa shape index (κ2) is 9.01. The number of imidazole rings is 1. The molecular weight excluding hydrogens is 524 g/mol. The quantitative estimate of drug-likeness (QED) is 0.316. The zero-order valence-corrected chi connectivity index (χ0v) is 20.2. The monoisotopic (exact) mass is 544 g/mol. The van der Waals surface area contributed by atoms with Gasteiger partial charge in [0.25, 0.3) is 5.91 Å². The van der Waals surface area contributed by atoms with Crippen molar-refractivity contribution in [3.05, 3.63) is 77.6 Å². The number of ether oxygens (including phenoxy) is 1. The Hall–Kier alpha value is -4.59. The number of pyridine rings is 1. The summed E-state index contributed by atoms with van der Waals surface area (Å²) in [6, 6.07) is 8.25. The van der Waals surface area contributed by atoms with Crippen LogP contribution in [0.2, 0.25) is 0 Å². The number of primary amides is 1. The molecule has 4 heterocycles. The van der Waals surface area contributed by atoms with Crippen molar-refractivity contribution in [1.29, 1.82) is 0 Å². The highest BCUT2D eigenvalue weighted by atomic mass is 19.4. The average Bonchev–Trinajstić information content (AvgIpc) is 3.51. The second-order valence-electron chi connectivity index (χ2n) is 9.21. The van der Waals surface area contributed by atoms with Crippen molar-refractivity contribution in [2.75, 3.05) is 13.2 Å². The van der Waals surface area contributed by atoms with E-state index in [-0.39, 0.29) is 34.9 Å². The lowest BCUT2D eigenvalue weighted by Crippen LogP contribution is -2.52. The van der Waals surface area contributed by atoms with E-state index in [0.717, 1.165) is 18.2 Å². The van der Waals surface area contributed by atoms with Gasteiger partial charge in [0.1, 0.15) is 35.0 Å². The predicted octanol–water partition coefficient (Wildman–Crippen LogP) is 2.25. The molecule has 202 valence electrons. The fourth-order valence-corrected chi connectivity index (χ4v) is 4.17. The molecule has 1 unspecified atom stereocenters. The van der Waals surface area contributed by atoms with Gasteiger partial charge in [0.2, 0.25) is 11.5 Å². The minimum atomic E-state index is -5.34. The fraction of sp³-hybridized carbons (Fsp3) is 0.240. The van der Waals surface area contributed by atoms with Crippen LogP contribution >= 0.6 is 0 Å². The molecular formula is C25H20F4N6O4. The number of carbonyl (C=O) groups is 2. The van der Waals surface area contributed by atoms with Crippen LogP contribution in [0.5, 0.6) is 5.75 Å². The Labute approximate surface area is 217 Å². The molecule has 10 nitrogen and oxygen atoms in total. The van der Waals surface area contributed by atoms with Crippen molar-refractivity contribution >= 4 is 17.5 Å². The van der Waals surface area contributed by atoms with Crippen molar-refractivity contribution in [3.8, 4) is 17.0 Å². The molecule has 0 aliphatic carbocycles. The van der Waals surface area contributed by atoms with Gasteiger partial charge in [0, 0.05) is 23.5 Å². The van der Waals surface area contributed by atoms with Gasteiger partial charge in [-0.3, -0.25) is 9.59 Å². The molecule has 0 saturated carbocycles. The Balaban J connectivity index is 1.59. The minimum absolute atomic E-state index is 0.0296. The first kappa shape index (κ1) is 26.0. The minimum Gasteiger partial charge on any atom is -0.489 e. The van der Waals surface area contributed by atoms with Gasteiger partial charge in [-0.1, -0.05) is 0 Å². The van der Waals surface area contributed by atoms with Gasteiger partial charge in [-0.15, -0.1) is 0 Å². The summed E-state index contributed by atoms with van der Waals surface area (Å²) in [5.74, 6) is -2.52. The van der Waals surface area contributed by atoms with E-state index in [1.54, 1.807) is 0 Å². The standard InChI is InChI=1S/C25H20F4N6O4/c1-23(22(30)37)12-39-20-15(23)10-17(33-19(20)13-2-4-14(26)5-3-13)24(38,25(27,28)29)11-32-21(36)16-6-7-18-31-8-9-35(18)34-16/h2-10,38H,11-12H2,1H3,(H2,30,37)(H,32,36)/t23-,24?/m0/s1. The summed E-state index contributed by atoms with van der Waals surface area (Å²) in [6.45, 7) is -0.256. The van der Waals surface area contributed by atoms with E-state index in [1.165, 1.54) is 48.1 Å². The van der Waals surface area contributed by atoms with Crippen molar-refractivity contribution in [2.45, 2.75) is 24.1 Å². The number of nitrogens with two attached hydrogens (primary N) is 1. The number of benzene rings is 1. The lowest BCUT2D eigenvalue weighted by atomic mass is 9.81. The molecule has 0 saturated heterocycles. The third-order valence-corrected chi connectivity index (χ3v) is 6.62. The SMILES string of the molecule is C[C@]1(C(N)=O)COc2c1cc(C(O)(CNC(=O)c1ccc3nccn3n1)C(F)(F)F)nc2-c1ccc(F)cc1. The van der Waals surface area contributed by atoms with E-state index in [1.807, 2.05) is 0 Å². The van der Waals surface area contributed by atoms with Crippen LogP contribution in [0.3, 0.4) is 0 Å². The molecule has 4 N–H and O–H groups in total. The summed E-state index contributed by atoms with van der Waals surface area (Å²) in [5.41, 5.74) is -0.514. The Morgan fingerprint density at radius 3 is 2.59 bits per heavy atom. The molecule has 0 radical (unpaired) electrons. The number of rotatable bonds is 6. The zero-order chi connectivity index (χ0) is 28.2. The van der Waals surface area contributed by atoms with E-state index in [4.69, 9.17) is 10.5 Å². The Bertz CT molecular complexity index is 1610. The number of nitrogens with one attached hydrogen (secondary N) is 1. The van der Waals surface area contributed by atoms with Crippen LogP contribution in [0, 0.1) is 5.82 Å². The Kier molecular flexibility index (Phi) is 6.01. The van der Waals surface area contributed by atoms with Crippen LogP contribution in [-0.2, 0) is 15.8 Å². The number of amides is 2. The number of aromatic nitrogens is 4. The van der Waals surface area contributed by atoms with Gasteiger partial charge in [-0.2, -0.15) is 18.3 Å². The number of carbonyl (C=O) groups excluding carboxylic acids is 2. The Morgan fingerprint density at radius 2 is 1.92 bits per heavy atom. The molecule has 0 fully saturated rings. The molecule has 0 bridgehead atoms. The van der Waals surface area contributed by atoms with E-state index in [9.17, 15) is 32.3 Å². The maximum Gasteiger partial charge on any atom is 0.424 e. The average molecular weight is 544 g/mol. The summed E-state index contributed by atoms with van der Waals surface area (Å²) < 4.78 is 63.8. The topological polar surface area (TPSA) is 145 Å². The first-order valence-corrected chi connectivity index (χ1v) is 11.5. The van der Waals surface area contributed by atoms with Crippen molar-refractivity contribution in [2.24, 2.45) is 5.73 Å². The van der Waals surface area contributed by atoms with Gasteiger partial charge in [-0.25, -0.2) is 18.9 Å². The molecule has 3 aromatic heterocycles. The maximum atomic E-state index is 14.5. The molecule has 1 aliphatic heterocycles. The number of fused-ring (bicyclic) bond motifs is 2. The Morgan fingerprint density at radius 1 is 1.21 bits per heavy atom. The summed E-state index contributed by atoms with van der Waals surface area (Å²) in [6.07, 6.45) is -2.47. The van der Waals surface area contributed by atoms with Crippen LogP contribution in [0.1, 0.15) is 28.7 Å². The molecule has 0 spiro atoms. The highest BCUT2D eigenvalue weighted by molar-refractivity contribution is 5.92. The normalized spacial score (nSPS) is 18.3. The lowest BCUT2D eigenvalue weighted by molar-refractivity contribution is -0.265. The summed E-state index contributed by atoms with van der Waals surface area (Å²) >= 11 is 0. The predicted molar refractivity (Wildman–Crippen MR) is 127 cm³/mol. The molecule has 2 amide bonds. The third-order valence-electron chi connectivity index (χ3n) is 6.62. The van der Waals surface area contributed by atoms with Crippen LogP contribution in [0.25, 0.3) is 16.9 Å². The molecule has 1 aliphatic rings. The summed E-state index contributed by atoms with van der Waals surface area (Å²) in [4.78, 5) is 33.0. The highest BCUT2D eigenvalue weighted by Crippen LogP contribution is 2.47. The van der Waals surface area contributed by atoms with Crippen molar-refractivity contribution < 1.29 is 37.0 Å². The van der Waals surface area contributed by atoms with E-state index in [2.05, 4.69) is 20.4 Å². The molecule has 1 aromatic carbocycles. The van der Waals surface area contributed by atoms with E-state index < -0.39 is 47.1 Å². The number of hydrogen-bond acceptors (Lipinski definition) is 7. The number of nitrogens with zero attached hydrogens (tertiary/aromatic N) is 4. The molecule has 4 aromatic rings. The van der Waals surface area contributed by atoms with E-state index in [0.29, 0.717) is 5.65 Å². The third kappa shape index (κ3) is 4.31. The first-order chi connectivity index (χ1) is 18.3. The smallest absolute Gasteiger partial charge is 0.424 e. The number of halogens is 4. The first-order valence-electron chi connectivity index (χ1n) is 11.5. The fourth-order valence-electron chi connectivity index (χ4n) is 4.17. The van der Waals surface area contributed by atoms with Gasteiger partial charge in [0.15, 0.2) is 5.65 Å². The van der Waals surface area contributed by atoms with Gasteiger partial charge in [0.05, 0.1) is 12.2 Å². The van der Waals surface area contributed by atoms with Gasteiger partial charge in [-0.05, 0) is 49.4 Å². The summed E-state index contributed by atoms with van der Waals surface area (Å²) in [5, 5.41) is 17.1. The van der Waals surface area contributed by atoms with Crippen LogP contribution in [-0.4, -0.2) is 55.8 Å².